The van der Waals surface area contributed by atoms with Gasteiger partial charge in [-0.1, -0.05) is 31.0 Å². The molecule has 3 heterocycles. The van der Waals surface area contributed by atoms with E-state index in [-0.39, 0.29) is 29.1 Å². The number of hydrogen-bond acceptors (Lipinski definition) is 9. The van der Waals surface area contributed by atoms with Crippen LogP contribution in [0.2, 0.25) is 0 Å². The minimum atomic E-state index is -1.27. The van der Waals surface area contributed by atoms with Crippen molar-refractivity contribution in [2.45, 2.75) is 68.2 Å². The molecule has 0 aromatic carbocycles. The van der Waals surface area contributed by atoms with E-state index in [0.717, 1.165) is 48.8 Å². The summed E-state index contributed by atoms with van der Waals surface area (Å²) >= 11 is 2.41. The highest BCUT2D eigenvalue weighted by atomic mass is 32.2. The van der Waals surface area contributed by atoms with Crippen LogP contribution in [0, 0.1) is 5.92 Å². The molecule has 35 heavy (non-hydrogen) atoms. The topological polar surface area (TPSA) is 175 Å². The number of aromatic nitrogens is 3. The molecule has 2 amide bonds. The first-order valence-corrected chi connectivity index (χ1v) is 13.5. The number of nitrogens with one attached hydrogen (secondary N) is 2. The van der Waals surface area contributed by atoms with Crippen LogP contribution in [0.4, 0.5) is 0 Å². The number of carboxylic acid groups (broad SMARTS) is 1. The quantitative estimate of drug-likeness (QED) is 0.201. The number of hydrogen-bond donors (Lipinski definition) is 4. The lowest BCUT2D eigenvalue weighted by Crippen LogP contribution is -2.71. The fraction of sp³-hybridized carbons (Fsp3) is 0.619. The molecule has 190 valence electrons. The molecule has 1 saturated carbocycles. The molecule has 12 nitrogen and oxygen atoms in total. The van der Waals surface area contributed by atoms with Gasteiger partial charge in [0.25, 0.3) is 5.91 Å². The first-order chi connectivity index (χ1) is 16.7. The molecule has 0 bridgehead atoms. The number of aromatic amines is 1. The van der Waals surface area contributed by atoms with Gasteiger partial charge in [-0.05, 0) is 31.3 Å². The molecule has 2 aliphatic heterocycles. The molecule has 1 aromatic rings. The van der Waals surface area contributed by atoms with Gasteiger partial charge in [-0.25, -0.2) is 9.89 Å². The van der Waals surface area contributed by atoms with Crippen LogP contribution < -0.4 is 16.4 Å². The molecule has 1 saturated heterocycles. The first kappa shape index (κ1) is 25.5. The Morgan fingerprint density at radius 1 is 1.26 bits per heavy atom. The Hall–Kier alpha value is -2.58. The molecule has 2 fully saturated rings. The maximum absolute atomic E-state index is 12.9. The van der Waals surface area contributed by atoms with Crippen LogP contribution in [0.3, 0.4) is 0 Å². The second kappa shape index (κ2) is 10.6. The average molecular weight is 526 g/mol. The Bertz CT molecular complexity index is 1170. The van der Waals surface area contributed by atoms with Gasteiger partial charge in [0.1, 0.15) is 23.2 Å². The maximum atomic E-state index is 12.9. The smallest absolute Gasteiger partial charge is 0.352 e. The van der Waals surface area contributed by atoms with Gasteiger partial charge in [0, 0.05) is 18.1 Å². The minimum Gasteiger partial charge on any atom is -0.477 e. The van der Waals surface area contributed by atoms with Crippen LogP contribution in [-0.2, 0) is 20.9 Å². The molecule has 4 N–H and O–H groups in total. The standard InChI is InChI=1S/C21H27N5O7S2/c1-2-25-18(31)16(29)23-24-21(25)35-9-11-8-34-19-12(17(30)26(19)13(11)20(32)33)22-15(28)14(27)10-6-4-3-5-7-10/h10,12,14,19,27H,2-9H2,1H3,(H,22,28)(H,23,29)(H,32,33)/t12-,14-,19+/m1/s1. The second-order valence-corrected chi connectivity index (χ2v) is 10.7. The zero-order chi connectivity index (χ0) is 25.3. The van der Waals surface area contributed by atoms with E-state index < -0.39 is 46.4 Å². The lowest BCUT2D eigenvalue weighted by Gasteiger charge is -2.49. The number of amides is 2. The van der Waals surface area contributed by atoms with Crippen LogP contribution >= 0.6 is 23.5 Å². The predicted molar refractivity (Wildman–Crippen MR) is 128 cm³/mol. The predicted octanol–water partition coefficient (Wildman–Crippen LogP) is -0.277. The number of aliphatic hydroxyl groups excluding tert-OH is 1. The Labute approximate surface area is 208 Å². The summed E-state index contributed by atoms with van der Waals surface area (Å²) in [7, 11) is 0. The number of carbonyl (C=O) groups is 3. The minimum absolute atomic E-state index is 0.130. The van der Waals surface area contributed by atoms with Gasteiger partial charge in [-0.15, -0.1) is 16.9 Å². The van der Waals surface area contributed by atoms with Crippen molar-refractivity contribution in [3.63, 3.8) is 0 Å². The van der Waals surface area contributed by atoms with Gasteiger partial charge in [0.2, 0.25) is 5.91 Å². The number of thioether (sulfide) groups is 2. The average Bonchev–Trinajstić information content (AvgIpc) is 2.87. The van der Waals surface area contributed by atoms with Crippen LogP contribution in [0.5, 0.6) is 0 Å². The number of aliphatic carboxylic acids is 1. The zero-order valence-electron chi connectivity index (χ0n) is 19.1. The summed E-state index contributed by atoms with van der Waals surface area (Å²) in [6.07, 6.45) is 3.34. The molecular weight excluding hydrogens is 498 g/mol. The zero-order valence-corrected chi connectivity index (χ0v) is 20.7. The Morgan fingerprint density at radius 3 is 2.63 bits per heavy atom. The number of carboxylic acids is 1. The molecule has 1 aromatic heterocycles. The lowest BCUT2D eigenvalue weighted by molar-refractivity contribution is -0.152. The Morgan fingerprint density at radius 2 is 1.97 bits per heavy atom. The molecule has 0 unspecified atom stereocenters. The van der Waals surface area contributed by atoms with Gasteiger partial charge in [0.05, 0.1) is 0 Å². The fourth-order valence-electron chi connectivity index (χ4n) is 4.65. The summed E-state index contributed by atoms with van der Waals surface area (Å²) in [6.45, 7) is 1.91. The van der Waals surface area contributed by atoms with Crippen LogP contribution in [-0.4, -0.2) is 76.7 Å². The number of fused-ring (bicyclic) bond motifs is 1. The Kier molecular flexibility index (Phi) is 7.71. The van der Waals surface area contributed by atoms with Crippen molar-refractivity contribution >= 4 is 41.3 Å². The number of carbonyl (C=O) groups excluding carboxylic acids is 2. The summed E-state index contributed by atoms with van der Waals surface area (Å²) in [5.41, 5.74) is -1.28. The van der Waals surface area contributed by atoms with Crippen molar-refractivity contribution in [1.29, 1.82) is 0 Å². The van der Waals surface area contributed by atoms with Gasteiger partial charge in [-0.3, -0.25) is 28.6 Å². The van der Waals surface area contributed by atoms with E-state index in [4.69, 9.17) is 0 Å². The van der Waals surface area contributed by atoms with E-state index in [2.05, 4.69) is 15.5 Å². The molecule has 1 aliphatic carbocycles. The highest BCUT2D eigenvalue weighted by Gasteiger charge is 2.54. The first-order valence-electron chi connectivity index (χ1n) is 11.4. The summed E-state index contributed by atoms with van der Waals surface area (Å²) in [4.78, 5) is 62.2. The summed E-state index contributed by atoms with van der Waals surface area (Å²) in [5.74, 6) is -2.11. The molecule has 4 rings (SSSR count). The van der Waals surface area contributed by atoms with E-state index >= 15 is 0 Å². The van der Waals surface area contributed by atoms with Crippen LogP contribution in [0.25, 0.3) is 0 Å². The molecule has 3 aliphatic rings. The van der Waals surface area contributed by atoms with Crippen molar-refractivity contribution in [3.05, 3.63) is 32.0 Å². The number of β-lactam (4-membered cyclic amide) rings is 1. The lowest BCUT2D eigenvalue weighted by atomic mass is 9.85. The normalized spacial score (nSPS) is 23.5. The second-order valence-electron chi connectivity index (χ2n) is 8.67. The number of aliphatic hydroxyl groups is 1. The summed E-state index contributed by atoms with van der Waals surface area (Å²) < 4.78 is 1.20. The number of nitrogens with zero attached hydrogens (tertiary/aromatic N) is 3. The third-order valence-electron chi connectivity index (χ3n) is 6.53. The molecule has 0 radical (unpaired) electrons. The molecule has 14 heteroatoms. The third-order valence-corrected chi connectivity index (χ3v) is 8.93. The number of H-pyrrole nitrogens is 1. The van der Waals surface area contributed by atoms with Gasteiger partial charge >= 0.3 is 17.1 Å². The third kappa shape index (κ3) is 4.91. The highest BCUT2D eigenvalue weighted by Crippen LogP contribution is 2.41. The van der Waals surface area contributed by atoms with E-state index in [1.165, 1.54) is 16.3 Å². The highest BCUT2D eigenvalue weighted by molar-refractivity contribution is 8.01. The SMILES string of the molecule is CCn1c(SCC2=C(C(=O)O)N3C(=O)[C@@H](NC(=O)[C@H](O)C4CCCCC4)[C@@H]3SC2)n[nH]c(=O)c1=O. The summed E-state index contributed by atoms with van der Waals surface area (Å²) in [6, 6.07) is -0.902. The van der Waals surface area contributed by atoms with E-state index in [1.807, 2.05) is 0 Å². The largest absolute Gasteiger partial charge is 0.477 e. The van der Waals surface area contributed by atoms with Crippen molar-refractivity contribution in [2.75, 3.05) is 11.5 Å². The van der Waals surface area contributed by atoms with Crippen molar-refractivity contribution in [3.8, 4) is 0 Å². The summed E-state index contributed by atoms with van der Waals surface area (Å²) in [5, 5.41) is 28.6. The van der Waals surface area contributed by atoms with Gasteiger partial charge < -0.3 is 15.5 Å². The van der Waals surface area contributed by atoms with E-state index in [9.17, 15) is 34.2 Å². The van der Waals surface area contributed by atoms with Crippen molar-refractivity contribution in [1.82, 2.24) is 25.0 Å². The van der Waals surface area contributed by atoms with E-state index in [1.54, 1.807) is 6.92 Å². The number of rotatable bonds is 8. The van der Waals surface area contributed by atoms with Crippen molar-refractivity contribution in [2.24, 2.45) is 5.92 Å². The monoisotopic (exact) mass is 525 g/mol. The van der Waals surface area contributed by atoms with Crippen LogP contribution in [0.1, 0.15) is 39.0 Å². The fourth-order valence-corrected chi connectivity index (χ4v) is 7.15. The van der Waals surface area contributed by atoms with Gasteiger partial charge in [-0.2, -0.15) is 0 Å². The van der Waals surface area contributed by atoms with E-state index in [0.29, 0.717) is 11.3 Å². The van der Waals surface area contributed by atoms with Crippen LogP contribution in [0.15, 0.2) is 26.0 Å². The maximum Gasteiger partial charge on any atom is 0.352 e. The molecular formula is C21H27N5O7S2. The van der Waals surface area contributed by atoms with Gasteiger partial charge in [0.15, 0.2) is 5.16 Å². The molecule has 3 atom stereocenters. The molecule has 0 spiro atoms. The Balaban J connectivity index is 1.46. The van der Waals surface area contributed by atoms with Crippen molar-refractivity contribution < 1.29 is 24.6 Å².